The number of nitrogens with one attached hydrogen (secondary N) is 3. The van der Waals surface area contributed by atoms with Gasteiger partial charge in [-0.1, -0.05) is 6.07 Å². The molecular formula is C16H23F2N3O2. The van der Waals surface area contributed by atoms with Crippen molar-refractivity contribution in [1.82, 2.24) is 16.0 Å². The zero-order valence-corrected chi connectivity index (χ0v) is 13.8. The molecule has 0 aliphatic rings. The van der Waals surface area contributed by atoms with Gasteiger partial charge < -0.3 is 16.0 Å². The van der Waals surface area contributed by atoms with Gasteiger partial charge in [0.15, 0.2) is 0 Å². The predicted octanol–water partition coefficient (Wildman–Crippen LogP) is 2.11. The molecule has 0 heterocycles. The Hall–Kier alpha value is -2.18. The van der Waals surface area contributed by atoms with E-state index < -0.39 is 35.2 Å². The van der Waals surface area contributed by atoms with Crippen LogP contribution >= 0.6 is 0 Å². The molecule has 0 saturated heterocycles. The van der Waals surface area contributed by atoms with Gasteiger partial charge in [0.1, 0.15) is 17.2 Å². The molecular weight excluding hydrogens is 304 g/mol. The molecule has 0 saturated carbocycles. The third-order valence-corrected chi connectivity index (χ3v) is 3.28. The first kappa shape index (κ1) is 18.9. The zero-order chi connectivity index (χ0) is 17.6. The second-order valence-electron chi connectivity index (χ2n) is 5.89. The topological polar surface area (TPSA) is 70.2 Å². The Kier molecular flexibility index (Phi) is 6.48. The molecule has 5 nitrogen and oxygen atoms in total. The Morgan fingerprint density at radius 2 is 1.78 bits per heavy atom. The van der Waals surface area contributed by atoms with Crippen LogP contribution in [0.2, 0.25) is 0 Å². The summed E-state index contributed by atoms with van der Waals surface area (Å²) in [6, 6.07) is 2.68. The third kappa shape index (κ3) is 5.50. The lowest BCUT2D eigenvalue weighted by molar-refractivity contribution is -0.126. The van der Waals surface area contributed by atoms with E-state index in [2.05, 4.69) is 16.0 Å². The highest BCUT2D eigenvalue weighted by molar-refractivity contribution is 5.90. The van der Waals surface area contributed by atoms with Crippen molar-refractivity contribution >= 4 is 11.9 Å². The Morgan fingerprint density at radius 3 is 2.30 bits per heavy atom. The summed E-state index contributed by atoms with van der Waals surface area (Å²) in [6.45, 7) is 6.94. The first-order chi connectivity index (χ1) is 10.7. The normalized spacial score (nSPS) is 12.4. The van der Waals surface area contributed by atoms with E-state index >= 15 is 0 Å². The molecule has 0 radical (unpaired) electrons. The van der Waals surface area contributed by atoms with Crippen LogP contribution < -0.4 is 16.0 Å². The highest BCUT2D eigenvalue weighted by atomic mass is 19.1. The van der Waals surface area contributed by atoms with Crippen molar-refractivity contribution in [3.05, 3.63) is 35.4 Å². The van der Waals surface area contributed by atoms with Gasteiger partial charge in [0.05, 0.1) is 0 Å². The average molecular weight is 327 g/mol. The van der Waals surface area contributed by atoms with Crippen molar-refractivity contribution in [2.45, 2.75) is 45.7 Å². The molecule has 1 rings (SSSR count). The van der Waals surface area contributed by atoms with Crippen LogP contribution in [0.3, 0.4) is 0 Å². The number of urea groups is 1. The third-order valence-electron chi connectivity index (χ3n) is 3.28. The van der Waals surface area contributed by atoms with Crippen LogP contribution in [-0.2, 0) is 11.2 Å². The quantitative estimate of drug-likeness (QED) is 0.749. The first-order valence-corrected chi connectivity index (χ1v) is 7.47. The fourth-order valence-corrected chi connectivity index (χ4v) is 2.03. The van der Waals surface area contributed by atoms with Crippen LogP contribution in [0, 0.1) is 11.6 Å². The van der Waals surface area contributed by atoms with Crippen molar-refractivity contribution in [2.24, 2.45) is 0 Å². The van der Waals surface area contributed by atoms with Gasteiger partial charge in [0, 0.05) is 18.2 Å². The monoisotopic (exact) mass is 327 g/mol. The van der Waals surface area contributed by atoms with E-state index in [4.69, 9.17) is 0 Å². The van der Waals surface area contributed by atoms with Crippen LogP contribution in [0.4, 0.5) is 13.6 Å². The molecule has 0 bridgehead atoms. The number of carbonyl (C=O) groups excluding carboxylic acids is 2. The lowest BCUT2D eigenvalue weighted by Gasteiger charge is -2.27. The van der Waals surface area contributed by atoms with E-state index in [1.165, 1.54) is 18.2 Å². The van der Waals surface area contributed by atoms with Crippen molar-refractivity contribution in [1.29, 1.82) is 0 Å². The Morgan fingerprint density at radius 1 is 1.22 bits per heavy atom. The first-order valence-electron chi connectivity index (χ1n) is 7.47. The summed E-state index contributed by atoms with van der Waals surface area (Å²) in [5.41, 5.74) is -1.23. The second-order valence-corrected chi connectivity index (χ2v) is 5.89. The Labute approximate surface area is 134 Å². The van der Waals surface area contributed by atoms with E-state index in [0.717, 1.165) is 0 Å². The largest absolute Gasteiger partial charge is 0.351 e. The number of hydrogen-bond donors (Lipinski definition) is 3. The maximum absolute atomic E-state index is 13.6. The molecule has 3 N–H and O–H groups in total. The average Bonchev–Trinajstić information content (AvgIpc) is 2.42. The van der Waals surface area contributed by atoms with Gasteiger partial charge in [0.2, 0.25) is 5.91 Å². The molecule has 1 atom stereocenters. The van der Waals surface area contributed by atoms with E-state index in [0.29, 0.717) is 6.54 Å². The standard InChI is InChI=1S/C16H23F2N3O2/c1-5-19-15(23)21-16(3,4)14(22)20-10(2)9-11-12(17)7-6-8-13(11)18/h6-8,10H,5,9H2,1-4H3,(H,20,22)(H2,19,21,23)/t10-/m0/s1. The number of carbonyl (C=O) groups is 2. The van der Waals surface area contributed by atoms with Crippen LogP contribution in [0.5, 0.6) is 0 Å². The minimum atomic E-state index is -1.15. The number of amides is 3. The smallest absolute Gasteiger partial charge is 0.315 e. The van der Waals surface area contributed by atoms with Gasteiger partial charge in [-0.25, -0.2) is 13.6 Å². The number of halogens is 2. The van der Waals surface area contributed by atoms with Gasteiger partial charge >= 0.3 is 6.03 Å². The lowest BCUT2D eigenvalue weighted by Crippen LogP contribution is -2.58. The molecule has 0 aliphatic carbocycles. The summed E-state index contributed by atoms with van der Waals surface area (Å²) in [7, 11) is 0. The number of hydrogen-bond acceptors (Lipinski definition) is 2. The minimum absolute atomic E-state index is 0.0154. The molecule has 1 aromatic rings. The molecule has 0 aromatic heterocycles. The Bertz CT molecular complexity index is 556. The molecule has 3 amide bonds. The summed E-state index contributed by atoms with van der Waals surface area (Å²) in [4.78, 5) is 23.8. The van der Waals surface area contributed by atoms with Gasteiger partial charge in [-0.05, 0) is 46.2 Å². The number of benzene rings is 1. The molecule has 0 unspecified atom stereocenters. The fraction of sp³-hybridized carbons (Fsp3) is 0.500. The number of rotatable bonds is 6. The lowest BCUT2D eigenvalue weighted by atomic mass is 10.0. The maximum atomic E-state index is 13.6. The fourth-order valence-electron chi connectivity index (χ4n) is 2.03. The summed E-state index contributed by atoms with van der Waals surface area (Å²) in [5.74, 6) is -1.73. The van der Waals surface area contributed by atoms with Crippen LogP contribution in [0.25, 0.3) is 0 Å². The molecule has 128 valence electrons. The highest BCUT2D eigenvalue weighted by Crippen LogP contribution is 2.14. The molecule has 23 heavy (non-hydrogen) atoms. The molecule has 0 spiro atoms. The summed E-state index contributed by atoms with van der Waals surface area (Å²) in [5, 5.41) is 7.73. The van der Waals surface area contributed by atoms with Crippen molar-refractivity contribution in [2.75, 3.05) is 6.54 Å². The van der Waals surface area contributed by atoms with Crippen LogP contribution in [0.1, 0.15) is 33.3 Å². The zero-order valence-electron chi connectivity index (χ0n) is 13.8. The molecule has 0 fully saturated rings. The van der Waals surface area contributed by atoms with Crippen molar-refractivity contribution in [3.63, 3.8) is 0 Å². The van der Waals surface area contributed by atoms with Crippen molar-refractivity contribution < 1.29 is 18.4 Å². The summed E-state index contributed by atoms with van der Waals surface area (Å²) < 4.78 is 27.2. The highest BCUT2D eigenvalue weighted by Gasteiger charge is 2.30. The van der Waals surface area contributed by atoms with E-state index in [-0.39, 0.29) is 12.0 Å². The maximum Gasteiger partial charge on any atom is 0.315 e. The molecule has 1 aromatic carbocycles. The Balaban J connectivity index is 2.67. The SMILES string of the molecule is CCNC(=O)NC(C)(C)C(=O)N[C@@H](C)Cc1c(F)cccc1F. The summed E-state index contributed by atoms with van der Waals surface area (Å²) in [6.07, 6.45) is 0.0154. The van der Waals surface area contributed by atoms with E-state index in [9.17, 15) is 18.4 Å². The minimum Gasteiger partial charge on any atom is -0.351 e. The van der Waals surface area contributed by atoms with Gasteiger partial charge in [-0.2, -0.15) is 0 Å². The second kappa shape index (κ2) is 7.89. The van der Waals surface area contributed by atoms with Crippen LogP contribution in [-0.4, -0.2) is 30.1 Å². The van der Waals surface area contributed by atoms with Crippen molar-refractivity contribution in [3.8, 4) is 0 Å². The van der Waals surface area contributed by atoms with Gasteiger partial charge in [-0.15, -0.1) is 0 Å². The van der Waals surface area contributed by atoms with Gasteiger partial charge in [-0.3, -0.25) is 4.79 Å². The van der Waals surface area contributed by atoms with E-state index in [1.807, 2.05) is 0 Å². The van der Waals surface area contributed by atoms with Gasteiger partial charge in [0.25, 0.3) is 0 Å². The van der Waals surface area contributed by atoms with E-state index in [1.54, 1.807) is 27.7 Å². The summed E-state index contributed by atoms with van der Waals surface area (Å²) >= 11 is 0. The van der Waals surface area contributed by atoms with Crippen LogP contribution in [0.15, 0.2) is 18.2 Å². The predicted molar refractivity (Wildman–Crippen MR) is 84.0 cm³/mol. The molecule has 0 aliphatic heterocycles. The molecule has 7 heteroatoms.